The van der Waals surface area contributed by atoms with Crippen molar-refractivity contribution in [2.24, 2.45) is 0 Å². The Morgan fingerprint density at radius 2 is 0.500 bits per heavy atom. The molecule has 0 saturated carbocycles. The highest BCUT2D eigenvalue weighted by Gasteiger charge is 2.25. The number of nitrogens with zero attached hydrogens (tertiary/aromatic N) is 9. The standard InChI is InChI=1S/C85H57N9/c1-7-25-61(26-8-1)89(62-27-9-2-10-28-62)68-47-50-80-74(55-68)71-37-19-22-40-77(71)92(80)67-46-45-58-53-60(44-43-59(58)54-67)83-86-84(93-78-41-23-20-38-72(78)75-56-69(48-51-81(75)93)90(63-29-11-3-12-30-63)64-31-13-4-14-32-64)88-85(87-83)94-79-42-24-21-39-73(79)76-57-70(49-52-82(76)94)91(65-33-15-5-16-34-65)66-35-17-6-18-36-66/h1-57H. The zero-order chi connectivity index (χ0) is 62.1. The predicted molar refractivity (Wildman–Crippen MR) is 390 cm³/mol. The third-order valence-electron chi connectivity index (χ3n) is 18.2. The van der Waals surface area contributed by atoms with Crippen molar-refractivity contribution in [1.29, 1.82) is 0 Å². The summed E-state index contributed by atoms with van der Waals surface area (Å²) in [7, 11) is 0. The second-order valence-corrected chi connectivity index (χ2v) is 23.7. The fraction of sp³-hybridized carbons (Fsp3) is 0. The van der Waals surface area contributed by atoms with Gasteiger partial charge in [-0.1, -0.05) is 182 Å². The normalized spacial score (nSPS) is 11.6. The van der Waals surface area contributed by atoms with Crippen LogP contribution in [0.2, 0.25) is 0 Å². The highest BCUT2D eigenvalue weighted by Crippen LogP contribution is 2.44. The number of para-hydroxylation sites is 9. The molecule has 9 nitrogen and oxygen atoms in total. The van der Waals surface area contributed by atoms with Gasteiger partial charge in [0.05, 0.1) is 33.1 Å². The number of aromatic nitrogens is 6. The molecule has 9 heteroatoms. The molecule has 0 amide bonds. The minimum Gasteiger partial charge on any atom is -0.310 e. The Morgan fingerprint density at radius 3 is 0.872 bits per heavy atom. The number of hydrogen-bond acceptors (Lipinski definition) is 6. The van der Waals surface area contributed by atoms with Crippen LogP contribution >= 0.6 is 0 Å². The van der Waals surface area contributed by atoms with E-state index in [-0.39, 0.29) is 0 Å². The summed E-state index contributed by atoms with van der Waals surface area (Å²) in [4.78, 5) is 23.7. The average molecular weight is 1200 g/mol. The highest BCUT2D eigenvalue weighted by atomic mass is 15.3. The first kappa shape index (κ1) is 54.1. The van der Waals surface area contributed by atoms with E-state index in [1.54, 1.807) is 0 Å². The molecule has 0 atom stereocenters. The molecule has 0 fully saturated rings. The number of hydrogen-bond donors (Lipinski definition) is 0. The number of rotatable bonds is 13. The van der Waals surface area contributed by atoms with Gasteiger partial charge in [-0.25, -0.2) is 0 Å². The molecule has 0 aliphatic rings. The Kier molecular flexibility index (Phi) is 13.0. The van der Waals surface area contributed by atoms with Crippen LogP contribution in [0.25, 0.3) is 105 Å². The van der Waals surface area contributed by atoms with Gasteiger partial charge in [0.25, 0.3) is 0 Å². The van der Waals surface area contributed by atoms with Crippen molar-refractivity contribution in [2.75, 3.05) is 14.7 Å². The average Bonchev–Trinajstić information content (AvgIpc) is 1.59. The van der Waals surface area contributed by atoms with Gasteiger partial charge in [0.1, 0.15) is 0 Å². The fourth-order valence-electron chi connectivity index (χ4n) is 14.0. The summed E-state index contributed by atoms with van der Waals surface area (Å²) in [5, 5.41) is 8.84. The van der Waals surface area contributed by atoms with Gasteiger partial charge in [-0.05, 0) is 175 Å². The summed E-state index contributed by atoms with van der Waals surface area (Å²) in [5.74, 6) is 1.56. The van der Waals surface area contributed by atoms with E-state index >= 15 is 0 Å². The number of fused-ring (bicyclic) bond motifs is 10. The first-order chi connectivity index (χ1) is 46.6. The Bertz CT molecular complexity index is 5530. The summed E-state index contributed by atoms with van der Waals surface area (Å²) < 4.78 is 6.82. The molecule has 442 valence electrons. The molecule has 4 aromatic heterocycles. The molecule has 0 saturated heterocycles. The van der Waals surface area contributed by atoms with Crippen molar-refractivity contribution in [3.63, 3.8) is 0 Å². The Hall–Kier alpha value is -12.9. The van der Waals surface area contributed by atoms with Crippen LogP contribution in [-0.2, 0) is 0 Å². The lowest BCUT2D eigenvalue weighted by atomic mass is 10.1. The van der Waals surface area contributed by atoms with E-state index in [0.717, 1.165) is 128 Å². The van der Waals surface area contributed by atoms with Crippen molar-refractivity contribution >= 4 is 127 Å². The number of anilines is 9. The quantitative estimate of drug-likeness (QED) is 0.115. The van der Waals surface area contributed by atoms with Gasteiger partial charge in [0.15, 0.2) is 5.82 Å². The van der Waals surface area contributed by atoms with E-state index in [2.05, 4.69) is 374 Å². The Balaban J connectivity index is 0.809. The largest absolute Gasteiger partial charge is 0.310 e. The Morgan fingerprint density at radius 1 is 0.202 bits per heavy atom. The zero-order valence-electron chi connectivity index (χ0n) is 50.9. The maximum atomic E-state index is 5.63. The van der Waals surface area contributed by atoms with Crippen LogP contribution in [0.15, 0.2) is 346 Å². The molecule has 94 heavy (non-hydrogen) atoms. The van der Waals surface area contributed by atoms with Crippen molar-refractivity contribution in [2.45, 2.75) is 0 Å². The lowest BCUT2D eigenvalue weighted by Gasteiger charge is -2.25. The first-order valence-electron chi connectivity index (χ1n) is 31.8. The van der Waals surface area contributed by atoms with Gasteiger partial charge < -0.3 is 19.3 Å². The first-order valence-corrected chi connectivity index (χ1v) is 31.8. The molecule has 0 radical (unpaired) electrons. The van der Waals surface area contributed by atoms with E-state index in [1.165, 1.54) is 10.8 Å². The summed E-state index contributed by atoms with van der Waals surface area (Å²) in [6, 6.07) is 123. The van der Waals surface area contributed by atoms with Crippen molar-refractivity contribution < 1.29 is 0 Å². The summed E-state index contributed by atoms with van der Waals surface area (Å²) in [6.45, 7) is 0. The van der Waals surface area contributed by atoms with Crippen molar-refractivity contribution in [1.82, 2.24) is 28.7 Å². The van der Waals surface area contributed by atoms with Gasteiger partial charge >= 0.3 is 0 Å². The molecule has 18 aromatic rings. The van der Waals surface area contributed by atoms with E-state index in [0.29, 0.717) is 17.7 Å². The van der Waals surface area contributed by atoms with E-state index < -0.39 is 0 Å². The molecule has 0 N–H and O–H groups in total. The predicted octanol–water partition coefficient (Wildman–Crippen LogP) is 22.4. The van der Waals surface area contributed by atoms with Crippen LogP contribution in [0, 0.1) is 0 Å². The minimum absolute atomic E-state index is 0.504. The number of benzene rings is 14. The third-order valence-corrected chi connectivity index (χ3v) is 18.2. The molecule has 0 unspecified atom stereocenters. The van der Waals surface area contributed by atoms with Gasteiger partial charge in [0.2, 0.25) is 11.9 Å². The van der Waals surface area contributed by atoms with Crippen LogP contribution in [0.4, 0.5) is 51.2 Å². The van der Waals surface area contributed by atoms with Crippen molar-refractivity contribution in [3.05, 3.63) is 346 Å². The SMILES string of the molecule is c1ccc(N(c2ccccc2)c2ccc3c(c2)c2ccccc2n3-c2ccc3cc(-c4nc(-n5c6ccccc6c6cc(N(c7ccccc7)c7ccccc7)ccc65)nc(-n5c6ccccc6c6cc(N(c7ccccc7)c7ccccc7)ccc65)n4)ccc3c2)cc1. The summed E-state index contributed by atoms with van der Waals surface area (Å²) >= 11 is 0. The van der Waals surface area contributed by atoms with E-state index in [4.69, 9.17) is 15.0 Å². The second kappa shape index (κ2) is 22.6. The molecule has 4 heterocycles. The zero-order valence-corrected chi connectivity index (χ0v) is 50.9. The summed E-state index contributed by atoms with van der Waals surface area (Å²) in [5.41, 5.74) is 17.7. The molecular formula is C85H57N9. The maximum absolute atomic E-state index is 5.63. The molecule has 14 aromatic carbocycles. The molecular weight excluding hydrogens is 1150 g/mol. The van der Waals surface area contributed by atoms with Crippen LogP contribution in [0.1, 0.15) is 0 Å². The Labute approximate surface area is 542 Å². The molecule has 18 rings (SSSR count). The minimum atomic E-state index is 0.504. The van der Waals surface area contributed by atoms with Crippen LogP contribution < -0.4 is 14.7 Å². The lowest BCUT2D eigenvalue weighted by molar-refractivity contribution is 0.893. The maximum Gasteiger partial charge on any atom is 0.240 e. The summed E-state index contributed by atoms with van der Waals surface area (Å²) in [6.07, 6.45) is 0. The van der Waals surface area contributed by atoms with Crippen LogP contribution in [0.5, 0.6) is 0 Å². The second-order valence-electron chi connectivity index (χ2n) is 23.7. The molecule has 0 aliphatic carbocycles. The lowest BCUT2D eigenvalue weighted by Crippen LogP contribution is -2.11. The molecule has 0 spiro atoms. The molecule has 0 aliphatic heterocycles. The highest BCUT2D eigenvalue weighted by molar-refractivity contribution is 6.13. The van der Waals surface area contributed by atoms with E-state index in [1.807, 2.05) is 0 Å². The van der Waals surface area contributed by atoms with Crippen molar-refractivity contribution in [3.8, 4) is 29.0 Å². The smallest absolute Gasteiger partial charge is 0.240 e. The van der Waals surface area contributed by atoms with Crippen LogP contribution in [0.3, 0.4) is 0 Å². The van der Waals surface area contributed by atoms with Gasteiger partial charge in [-0.2, -0.15) is 15.0 Å². The third kappa shape index (κ3) is 9.21. The fourth-order valence-corrected chi connectivity index (χ4v) is 14.0. The monoisotopic (exact) mass is 1200 g/mol. The van der Waals surface area contributed by atoms with Crippen LogP contribution in [-0.4, -0.2) is 28.7 Å². The van der Waals surface area contributed by atoms with E-state index in [9.17, 15) is 0 Å². The van der Waals surface area contributed by atoms with Gasteiger partial charge in [0, 0.05) is 94.8 Å². The van der Waals surface area contributed by atoms with Gasteiger partial charge in [-0.3, -0.25) is 9.13 Å². The topological polar surface area (TPSA) is 63.2 Å². The van der Waals surface area contributed by atoms with Gasteiger partial charge in [-0.15, -0.1) is 0 Å². The molecule has 0 bridgehead atoms.